The number of hydrogen-bond acceptors (Lipinski definition) is 2. The van der Waals surface area contributed by atoms with Crippen LogP contribution in [0.3, 0.4) is 0 Å². The maximum atomic E-state index is 12.5. The highest BCUT2D eigenvalue weighted by molar-refractivity contribution is 6.33. The molecule has 0 amide bonds. The summed E-state index contributed by atoms with van der Waals surface area (Å²) in [6.07, 6.45) is -4.41. The van der Waals surface area contributed by atoms with Gasteiger partial charge in [-0.25, -0.2) is 0 Å². The molecule has 0 radical (unpaired) electrons. The van der Waals surface area contributed by atoms with Crippen LogP contribution in [0, 0.1) is 0 Å². The Labute approximate surface area is 118 Å². The Hall–Kier alpha value is -1.88. The molecule has 0 aromatic heterocycles. The van der Waals surface area contributed by atoms with Crippen LogP contribution in [0.5, 0.6) is 5.75 Å². The zero-order valence-corrected chi connectivity index (χ0v) is 11.0. The van der Waals surface area contributed by atoms with Crippen molar-refractivity contribution in [2.75, 3.05) is 5.32 Å². The predicted octanol–water partition coefficient (Wildman–Crippen LogP) is 4.68. The third-order valence-electron chi connectivity index (χ3n) is 2.69. The normalized spacial score (nSPS) is 11.4. The Balaban J connectivity index is 2.11. The fourth-order valence-electron chi connectivity index (χ4n) is 1.70. The second-order valence-corrected chi connectivity index (χ2v) is 4.62. The summed E-state index contributed by atoms with van der Waals surface area (Å²) in [4.78, 5) is 0. The lowest BCUT2D eigenvalue weighted by molar-refractivity contribution is -0.137. The number of nitrogens with one attached hydrogen (secondary N) is 1. The first kappa shape index (κ1) is 14.5. The van der Waals surface area contributed by atoms with Gasteiger partial charge in [0.25, 0.3) is 0 Å². The quantitative estimate of drug-likeness (QED) is 0.863. The van der Waals surface area contributed by atoms with Crippen LogP contribution in [-0.2, 0) is 12.7 Å². The maximum Gasteiger partial charge on any atom is 0.416 e. The van der Waals surface area contributed by atoms with Crippen molar-refractivity contribution >= 4 is 17.3 Å². The first-order chi connectivity index (χ1) is 9.36. The Kier molecular flexibility index (Phi) is 4.09. The van der Waals surface area contributed by atoms with E-state index in [1.54, 1.807) is 18.2 Å². The molecule has 2 nitrogen and oxygen atoms in total. The van der Waals surface area contributed by atoms with Gasteiger partial charge in [-0.2, -0.15) is 13.2 Å². The summed E-state index contributed by atoms with van der Waals surface area (Å²) in [7, 11) is 0. The summed E-state index contributed by atoms with van der Waals surface area (Å²) < 4.78 is 37.5. The molecule has 2 rings (SSSR count). The lowest BCUT2D eigenvalue weighted by Gasteiger charge is -2.12. The molecular formula is C14H11ClF3NO. The van der Waals surface area contributed by atoms with Crippen LogP contribution >= 0.6 is 11.6 Å². The van der Waals surface area contributed by atoms with E-state index < -0.39 is 11.7 Å². The van der Waals surface area contributed by atoms with Crippen molar-refractivity contribution in [3.8, 4) is 5.75 Å². The largest absolute Gasteiger partial charge is 0.508 e. The number of phenolic OH excluding ortho intramolecular Hbond substituents is 1. The van der Waals surface area contributed by atoms with Crippen molar-refractivity contribution in [2.24, 2.45) is 0 Å². The molecule has 2 aromatic rings. The molecule has 0 heterocycles. The molecule has 0 atom stereocenters. The molecule has 6 heteroatoms. The van der Waals surface area contributed by atoms with E-state index in [-0.39, 0.29) is 10.8 Å². The van der Waals surface area contributed by atoms with Gasteiger partial charge >= 0.3 is 6.18 Å². The van der Waals surface area contributed by atoms with Gasteiger partial charge in [0.2, 0.25) is 0 Å². The first-order valence-electron chi connectivity index (χ1n) is 5.75. The van der Waals surface area contributed by atoms with Crippen molar-refractivity contribution in [2.45, 2.75) is 12.7 Å². The minimum absolute atomic E-state index is 0.0000203. The van der Waals surface area contributed by atoms with Gasteiger partial charge in [-0.1, -0.05) is 23.7 Å². The second kappa shape index (κ2) is 5.63. The summed E-state index contributed by atoms with van der Waals surface area (Å²) in [5.41, 5.74) is 0.411. The van der Waals surface area contributed by atoms with E-state index in [0.717, 1.165) is 17.7 Å². The van der Waals surface area contributed by atoms with E-state index in [0.29, 0.717) is 12.2 Å². The van der Waals surface area contributed by atoms with Crippen LogP contribution in [0.25, 0.3) is 0 Å². The summed E-state index contributed by atoms with van der Waals surface area (Å²) in [6.45, 7) is 0.347. The van der Waals surface area contributed by atoms with E-state index in [4.69, 9.17) is 11.6 Å². The summed E-state index contributed by atoms with van der Waals surface area (Å²) in [6, 6.07) is 9.70. The van der Waals surface area contributed by atoms with E-state index >= 15 is 0 Å². The van der Waals surface area contributed by atoms with Gasteiger partial charge in [-0.15, -0.1) is 0 Å². The zero-order chi connectivity index (χ0) is 14.8. The molecule has 0 saturated carbocycles. The van der Waals surface area contributed by atoms with E-state index in [2.05, 4.69) is 5.32 Å². The number of halogens is 4. The lowest BCUT2D eigenvalue weighted by Crippen LogP contribution is -2.06. The molecule has 0 spiro atoms. The van der Waals surface area contributed by atoms with Crippen LogP contribution < -0.4 is 5.32 Å². The molecule has 0 saturated heterocycles. The average molecular weight is 302 g/mol. The smallest absolute Gasteiger partial charge is 0.416 e. The second-order valence-electron chi connectivity index (χ2n) is 4.22. The van der Waals surface area contributed by atoms with Crippen molar-refractivity contribution < 1.29 is 18.3 Å². The van der Waals surface area contributed by atoms with Gasteiger partial charge in [0.1, 0.15) is 5.75 Å². The van der Waals surface area contributed by atoms with Gasteiger partial charge in [0.05, 0.1) is 16.3 Å². The van der Waals surface area contributed by atoms with Crippen LogP contribution in [0.2, 0.25) is 5.02 Å². The van der Waals surface area contributed by atoms with E-state index in [9.17, 15) is 18.3 Å². The van der Waals surface area contributed by atoms with Gasteiger partial charge in [0, 0.05) is 6.54 Å². The Morgan fingerprint density at radius 2 is 1.85 bits per heavy atom. The number of hydrogen-bond donors (Lipinski definition) is 2. The SMILES string of the molecule is Oc1cccc(CNc2ccc(C(F)(F)F)cc2Cl)c1. The molecule has 0 aliphatic rings. The van der Waals surface area contributed by atoms with Crippen molar-refractivity contribution in [3.05, 3.63) is 58.6 Å². The Bertz CT molecular complexity index is 614. The Morgan fingerprint density at radius 3 is 2.45 bits per heavy atom. The topological polar surface area (TPSA) is 32.3 Å². The minimum Gasteiger partial charge on any atom is -0.508 e. The third kappa shape index (κ3) is 3.57. The number of aromatic hydroxyl groups is 1. The van der Waals surface area contributed by atoms with Crippen LogP contribution in [0.1, 0.15) is 11.1 Å². The van der Waals surface area contributed by atoms with Crippen molar-refractivity contribution in [1.29, 1.82) is 0 Å². The first-order valence-corrected chi connectivity index (χ1v) is 6.12. The molecule has 0 bridgehead atoms. The lowest BCUT2D eigenvalue weighted by atomic mass is 10.2. The standard InChI is InChI=1S/C14H11ClF3NO/c15-12-7-10(14(16,17)18)4-5-13(12)19-8-9-2-1-3-11(20)6-9/h1-7,19-20H,8H2. The van der Waals surface area contributed by atoms with Gasteiger partial charge < -0.3 is 10.4 Å². The molecule has 106 valence electrons. The van der Waals surface area contributed by atoms with Gasteiger partial charge in [-0.05, 0) is 35.9 Å². The van der Waals surface area contributed by atoms with Crippen molar-refractivity contribution in [1.82, 2.24) is 0 Å². The van der Waals surface area contributed by atoms with Gasteiger partial charge in [-0.3, -0.25) is 0 Å². The summed E-state index contributed by atoms with van der Waals surface area (Å²) in [5.74, 6) is 0.128. The molecule has 0 fully saturated rings. The molecule has 0 unspecified atom stereocenters. The van der Waals surface area contributed by atoms with Crippen LogP contribution in [0.4, 0.5) is 18.9 Å². The third-order valence-corrected chi connectivity index (χ3v) is 3.00. The maximum absolute atomic E-state index is 12.5. The highest BCUT2D eigenvalue weighted by Crippen LogP contribution is 2.33. The summed E-state index contributed by atoms with van der Waals surface area (Å²) >= 11 is 5.82. The average Bonchev–Trinajstić information content (AvgIpc) is 2.36. The number of phenols is 1. The van der Waals surface area contributed by atoms with Crippen LogP contribution in [0.15, 0.2) is 42.5 Å². The molecule has 2 N–H and O–H groups in total. The predicted molar refractivity (Wildman–Crippen MR) is 71.9 cm³/mol. The highest BCUT2D eigenvalue weighted by atomic mass is 35.5. The molecule has 2 aromatic carbocycles. The van der Waals surface area contributed by atoms with Crippen molar-refractivity contribution in [3.63, 3.8) is 0 Å². The zero-order valence-electron chi connectivity index (χ0n) is 10.2. The molecule has 20 heavy (non-hydrogen) atoms. The molecule has 0 aliphatic heterocycles. The number of anilines is 1. The van der Waals surface area contributed by atoms with E-state index in [1.165, 1.54) is 12.1 Å². The highest BCUT2D eigenvalue weighted by Gasteiger charge is 2.30. The monoisotopic (exact) mass is 301 g/mol. The minimum atomic E-state index is -4.41. The summed E-state index contributed by atoms with van der Waals surface area (Å²) in [5, 5.41) is 12.2. The Morgan fingerprint density at radius 1 is 1.10 bits per heavy atom. The number of rotatable bonds is 3. The fourth-order valence-corrected chi connectivity index (χ4v) is 1.95. The van der Waals surface area contributed by atoms with Crippen LogP contribution in [-0.4, -0.2) is 5.11 Å². The van der Waals surface area contributed by atoms with Gasteiger partial charge in [0.15, 0.2) is 0 Å². The number of benzene rings is 2. The number of alkyl halides is 3. The molecule has 0 aliphatic carbocycles. The molecular weight excluding hydrogens is 291 g/mol. The van der Waals surface area contributed by atoms with E-state index in [1.807, 2.05) is 0 Å². The fraction of sp³-hybridized carbons (Fsp3) is 0.143.